The van der Waals surface area contributed by atoms with Crippen molar-refractivity contribution in [3.8, 4) is 6.07 Å². The van der Waals surface area contributed by atoms with E-state index in [2.05, 4.69) is 0 Å². The molecule has 10 heteroatoms. The molecule has 2 aromatic carbocycles. The second-order valence-electron chi connectivity index (χ2n) is 8.42. The van der Waals surface area contributed by atoms with Crippen LogP contribution in [0.4, 0.5) is 26.3 Å². The molecule has 4 rings (SSSR count). The van der Waals surface area contributed by atoms with Gasteiger partial charge in [0, 0.05) is 18.7 Å². The van der Waals surface area contributed by atoms with Gasteiger partial charge in [-0.3, -0.25) is 4.90 Å². The van der Waals surface area contributed by atoms with Gasteiger partial charge in [0.1, 0.15) is 17.4 Å². The lowest BCUT2D eigenvalue weighted by Gasteiger charge is -2.38. The molecule has 0 spiro atoms. The van der Waals surface area contributed by atoms with Gasteiger partial charge in [0.15, 0.2) is 0 Å². The lowest BCUT2D eigenvalue weighted by atomic mass is 9.78. The largest absolute Gasteiger partial charge is 0.440 e. The van der Waals surface area contributed by atoms with Crippen LogP contribution in [0.1, 0.15) is 35.1 Å². The number of likely N-dealkylation sites (N-methyl/N-ethyl adjacent to an activating group) is 1. The zero-order valence-electron chi connectivity index (χ0n) is 19.0. The van der Waals surface area contributed by atoms with Crippen molar-refractivity contribution in [3.63, 3.8) is 0 Å². The maximum absolute atomic E-state index is 13.9. The van der Waals surface area contributed by atoms with E-state index in [4.69, 9.17) is 10.5 Å². The molecule has 4 nitrogen and oxygen atoms in total. The van der Waals surface area contributed by atoms with Crippen molar-refractivity contribution >= 4 is 6.08 Å². The van der Waals surface area contributed by atoms with Crippen molar-refractivity contribution in [2.24, 2.45) is 5.73 Å². The molecule has 0 radical (unpaired) electrons. The summed E-state index contributed by atoms with van der Waals surface area (Å²) in [7, 11) is 0. The summed E-state index contributed by atoms with van der Waals surface area (Å²) in [6.45, 7) is 2.62. The number of ether oxygens (including phenoxy) is 1. The first-order valence-corrected chi connectivity index (χ1v) is 11.0. The van der Waals surface area contributed by atoms with E-state index in [-0.39, 0.29) is 41.4 Å². The van der Waals surface area contributed by atoms with Gasteiger partial charge in [-0.2, -0.15) is 31.6 Å². The summed E-state index contributed by atoms with van der Waals surface area (Å²) in [5.41, 5.74) is 4.41. The van der Waals surface area contributed by atoms with Gasteiger partial charge in [0.25, 0.3) is 0 Å². The maximum Gasteiger partial charge on any atom is 0.416 e. The minimum Gasteiger partial charge on any atom is -0.440 e. The summed E-state index contributed by atoms with van der Waals surface area (Å²) in [6.07, 6.45) is -8.00. The molecule has 0 unspecified atom stereocenters. The van der Waals surface area contributed by atoms with Crippen LogP contribution < -0.4 is 5.73 Å². The van der Waals surface area contributed by atoms with Gasteiger partial charge in [-0.05, 0) is 41.5 Å². The van der Waals surface area contributed by atoms with E-state index in [1.165, 1.54) is 42.5 Å². The van der Waals surface area contributed by atoms with Crippen LogP contribution in [0, 0.1) is 11.3 Å². The van der Waals surface area contributed by atoms with Crippen LogP contribution >= 0.6 is 0 Å². The van der Waals surface area contributed by atoms with Gasteiger partial charge in [0.05, 0.1) is 17.0 Å². The molecular formula is C26H21F6N3O. The molecule has 2 aliphatic rings. The summed E-state index contributed by atoms with van der Waals surface area (Å²) in [5, 5.41) is 9.80. The third-order valence-corrected chi connectivity index (χ3v) is 6.23. The highest BCUT2D eigenvalue weighted by molar-refractivity contribution is 5.65. The van der Waals surface area contributed by atoms with Crippen LogP contribution in [-0.4, -0.2) is 24.5 Å². The van der Waals surface area contributed by atoms with Gasteiger partial charge in [0.2, 0.25) is 5.88 Å². The molecule has 2 heterocycles. The Kier molecular flexibility index (Phi) is 6.62. The number of alkyl halides is 6. The number of rotatable bonds is 3. The van der Waals surface area contributed by atoms with E-state index in [9.17, 15) is 31.6 Å². The van der Waals surface area contributed by atoms with E-state index >= 15 is 0 Å². The zero-order chi connectivity index (χ0) is 26.3. The Labute approximate surface area is 203 Å². The average Bonchev–Trinajstić information content (AvgIpc) is 2.82. The SMILES string of the molecule is CCN1CC2=C(OC(N)=C(C#N)[C@@H]2c2ccccc2C(F)(F)F)/C(=C/c2ccccc2C(F)(F)F)C1. The third kappa shape index (κ3) is 4.71. The molecule has 188 valence electrons. The van der Waals surface area contributed by atoms with Crippen molar-refractivity contribution in [1.29, 1.82) is 5.26 Å². The standard InChI is InChI=1S/C26H21F6N3O/c1-2-35-13-16(11-15-7-3-5-9-20(15)25(27,28)29)23-19(14-35)22(18(12-33)24(34)36-23)17-8-4-6-10-21(17)26(30,31)32/h3-11,22H,2,13-14,34H2,1H3/b16-11+/t22-/m0/s1. The first kappa shape index (κ1) is 25.4. The molecule has 2 aliphatic heterocycles. The van der Waals surface area contributed by atoms with Crippen molar-refractivity contribution in [2.45, 2.75) is 25.2 Å². The number of nitrogens with zero attached hydrogens (tertiary/aromatic N) is 2. The van der Waals surface area contributed by atoms with Gasteiger partial charge in [-0.1, -0.05) is 43.3 Å². The van der Waals surface area contributed by atoms with E-state index in [1.54, 1.807) is 0 Å². The molecule has 0 fully saturated rings. The van der Waals surface area contributed by atoms with E-state index in [1.807, 2.05) is 17.9 Å². The molecule has 2 aromatic rings. The van der Waals surface area contributed by atoms with Crippen molar-refractivity contribution in [1.82, 2.24) is 4.90 Å². The monoisotopic (exact) mass is 505 g/mol. The summed E-state index contributed by atoms with van der Waals surface area (Å²) in [5.74, 6) is -1.46. The molecule has 0 aliphatic carbocycles. The number of allylic oxidation sites excluding steroid dienone is 1. The normalized spacial score (nSPS) is 20.3. The van der Waals surface area contributed by atoms with Crippen molar-refractivity contribution in [3.05, 3.63) is 99.1 Å². The van der Waals surface area contributed by atoms with Crippen molar-refractivity contribution < 1.29 is 31.1 Å². The minimum absolute atomic E-state index is 0.0927. The first-order valence-electron chi connectivity index (χ1n) is 11.0. The fourth-order valence-corrected chi connectivity index (χ4v) is 4.60. The Hall–Kier alpha value is -3.71. The smallest absolute Gasteiger partial charge is 0.416 e. The molecule has 0 saturated heterocycles. The lowest BCUT2D eigenvalue weighted by molar-refractivity contribution is -0.138. The van der Waals surface area contributed by atoms with Gasteiger partial charge < -0.3 is 10.5 Å². The third-order valence-electron chi connectivity index (χ3n) is 6.23. The summed E-state index contributed by atoms with van der Waals surface area (Å²) >= 11 is 0. The lowest BCUT2D eigenvalue weighted by Crippen LogP contribution is -2.38. The van der Waals surface area contributed by atoms with Crippen LogP contribution in [0.2, 0.25) is 0 Å². The van der Waals surface area contributed by atoms with E-state index in [0.717, 1.165) is 12.1 Å². The first-order chi connectivity index (χ1) is 17.0. The number of halogens is 6. The van der Waals surface area contributed by atoms with Gasteiger partial charge >= 0.3 is 12.4 Å². The summed E-state index contributed by atoms with van der Waals surface area (Å²) < 4.78 is 88.3. The van der Waals surface area contributed by atoms with Crippen LogP contribution in [0.15, 0.2) is 76.9 Å². The molecule has 0 aromatic heterocycles. The van der Waals surface area contributed by atoms with Crippen LogP contribution in [0.25, 0.3) is 6.08 Å². The highest BCUT2D eigenvalue weighted by Crippen LogP contribution is 2.47. The fraction of sp³-hybridized carbons (Fsp3) is 0.269. The van der Waals surface area contributed by atoms with Gasteiger partial charge in [-0.15, -0.1) is 0 Å². The quantitative estimate of drug-likeness (QED) is 0.505. The highest BCUT2D eigenvalue weighted by Gasteiger charge is 2.42. The Balaban J connectivity index is 1.96. The predicted octanol–water partition coefficient (Wildman–Crippen LogP) is 6.21. The molecular weight excluding hydrogens is 484 g/mol. The van der Waals surface area contributed by atoms with Gasteiger partial charge in [-0.25, -0.2) is 0 Å². The molecule has 0 amide bonds. The second kappa shape index (κ2) is 9.39. The Morgan fingerprint density at radius 2 is 1.61 bits per heavy atom. The molecule has 1 atom stereocenters. The second-order valence-corrected chi connectivity index (χ2v) is 8.42. The molecule has 0 saturated carbocycles. The summed E-state index contributed by atoms with van der Waals surface area (Å²) in [4.78, 5) is 1.85. The number of hydrogen-bond donors (Lipinski definition) is 1. The predicted molar refractivity (Wildman–Crippen MR) is 121 cm³/mol. The topological polar surface area (TPSA) is 62.3 Å². The maximum atomic E-state index is 13.9. The highest BCUT2D eigenvalue weighted by atomic mass is 19.4. The Morgan fingerprint density at radius 3 is 2.22 bits per heavy atom. The van der Waals surface area contributed by atoms with E-state index in [0.29, 0.717) is 17.7 Å². The molecule has 36 heavy (non-hydrogen) atoms. The number of nitriles is 1. The fourth-order valence-electron chi connectivity index (χ4n) is 4.60. The number of nitrogens with two attached hydrogens (primary N) is 1. The minimum atomic E-state index is -4.70. The van der Waals surface area contributed by atoms with Crippen molar-refractivity contribution in [2.75, 3.05) is 19.6 Å². The molecule has 2 N–H and O–H groups in total. The molecule has 0 bridgehead atoms. The van der Waals surface area contributed by atoms with E-state index < -0.39 is 29.4 Å². The Morgan fingerprint density at radius 1 is 1.00 bits per heavy atom. The van der Waals surface area contributed by atoms with Crippen LogP contribution in [0.3, 0.4) is 0 Å². The van der Waals surface area contributed by atoms with Crippen LogP contribution in [-0.2, 0) is 17.1 Å². The van der Waals surface area contributed by atoms with Crippen LogP contribution in [0.5, 0.6) is 0 Å². The number of hydrogen-bond acceptors (Lipinski definition) is 4. The average molecular weight is 505 g/mol. The zero-order valence-corrected chi connectivity index (χ0v) is 19.0. The summed E-state index contributed by atoms with van der Waals surface area (Å²) in [6, 6.07) is 11.8. The number of benzene rings is 2. The Bertz CT molecular complexity index is 1310.